The van der Waals surface area contributed by atoms with Gasteiger partial charge in [-0.15, -0.1) is 0 Å². The van der Waals surface area contributed by atoms with E-state index < -0.39 is 0 Å². The maximum atomic E-state index is 9.37. The molecule has 0 heterocycles. The first kappa shape index (κ1) is 10.1. The van der Waals surface area contributed by atoms with E-state index in [1.165, 1.54) is 13.2 Å². The van der Waals surface area contributed by atoms with Crippen LogP contribution >= 0.6 is 11.6 Å². The predicted molar refractivity (Wildman–Crippen MR) is 48.6 cm³/mol. The zero-order valence-corrected chi connectivity index (χ0v) is 7.84. The van der Waals surface area contributed by atoms with Crippen LogP contribution in [0.3, 0.4) is 0 Å². The minimum atomic E-state index is 0.0382. The lowest BCUT2D eigenvalue weighted by atomic mass is 10.2. The van der Waals surface area contributed by atoms with Crippen LogP contribution in [0.5, 0.6) is 11.5 Å². The van der Waals surface area contributed by atoms with E-state index in [1.807, 2.05) is 0 Å². The molecule has 0 atom stereocenters. The summed E-state index contributed by atoms with van der Waals surface area (Å²) in [6.45, 7) is 0.110. The molecule has 1 aromatic carbocycles. The fraction of sp³-hybridized carbons (Fsp3) is 0.250. The molecule has 1 aromatic rings. The molecule has 0 bridgehead atoms. The van der Waals surface area contributed by atoms with Crippen molar-refractivity contribution in [1.29, 1.82) is 0 Å². The minimum absolute atomic E-state index is 0.0382. The highest BCUT2D eigenvalue weighted by Gasteiger charge is 2.07. The van der Waals surface area contributed by atoms with Gasteiger partial charge in [-0.3, -0.25) is 4.84 Å². The number of rotatable bonds is 3. The first-order valence-corrected chi connectivity index (χ1v) is 3.94. The molecular formula is C8H10ClNO3. The van der Waals surface area contributed by atoms with Crippen LogP contribution in [0.25, 0.3) is 0 Å². The van der Waals surface area contributed by atoms with Crippen LogP contribution in [0.15, 0.2) is 12.1 Å². The van der Waals surface area contributed by atoms with Gasteiger partial charge < -0.3 is 9.84 Å². The Morgan fingerprint density at radius 1 is 1.54 bits per heavy atom. The van der Waals surface area contributed by atoms with E-state index in [-0.39, 0.29) is 12.4 Å². The second-order valence-electron chi connectivity index (χ2n) is 2.43. The Kier molecular flexibility index (Phi) is 3.36. The summed E-state index contributed by atoms with van der Waals surface area (Å²) in [5.41, 5.74) is 0.531. The molecule has 0 spiro atoms. The van der Waals surface area contributed by atoms with Crippen LogP contribution in [-0.2, 0) is 11.4 Å². The van der Waals surface area contributed by atoms with Gasteiger partial charge in [-0.1, -0.05) is 11.6 Å². The lowest BCUT2D eigenvalue weighted by Crippen LogP contribution is -1.99. The second kappa shape index (κ2) is 4.32. The topological polar surface area (TPSA) is 64.7 Å². The van der Waals surface area contributed by atoms with Crippen molar-refractivity contribution < 1.29 is 14.7 Å². The molecule has 0 radical (unpaired) electrons. The molecule has 13 heavy (non-hydrogen) atoms. The minimum Gasteiger partial charge on any atom is -0.508 e. The average Bonchev–Trinajstić information content (AvgIpc) is 2.10. The van der Waals surface area contributed by atoms with Gasteiger partial charge in [0, 0.05) is 11.6 Å². The molecule has 0 aliphatic carbocycles. The fourth-order valence-corrected chi connectivity index (χ4v) is 1.18. The number of phenolic OH excluding ortho intramolecular Hbond substituents is 1. The molecule has 0 amide bonds. The summed E-state index contributed by atoms with van der Waals surface area (Å²) in [4.78, 5) is 4.39. The van der Waals surface area contributed by atoms with Gasteiger partial charge in [0.1, 0.15) is 11.5 Å². The Morgan fingerprint density at radius 3 is 2.77 bits per heavy atom. The SMILES string of the molecule is COc1cc(CON)c(O)cc1Cl. The van der Waals surface area contributed by atoms with Gasteiger partial charge in [-0.25, -0.2) is 5.90 Å². The summed E-state index contributed by atoms with van der Waals surface area (Å²) >= 11 is 5.74. The van der Waals surface area contributed by atoms with E-state index in [4.69, 9.17) is 22.2 Å². The molecule has 3 N–H and O–H groups in total. The van der Waals surface area contributed by atoms with Crippen LogP contribution in [0.2, 0.25) is 5.02 Å². The van der Waals surface area contributed by atoms with E-state index in [2.05, 4.69) is 4.84 Å². The van der Waals surface area contributed by atoms with Gasteiger partial charge in [0.2, 0.25) is 0 Å². The monoisotopic (exact) mass is 203 g/mol. The van der Waals surface area contributed by atoms with Crippen LogP contribution in [0, 0.1) is 0 Å². The molecule has 0 saturated carbocycles. The maximum absolute atomic E-state index is 9.37. The van der Waals surface area contributed by atoms with Crippen molar-refractivity contribution >= 4 is 11.6 Å². The van der Waals surface area contributed by atoms with Gasteiger partial charge in [0.05, 0.1) is 18.7 Å². The Bertz CT molecular complexity index is 304. The Balaban J connectivity index is 3.06. The third kappa shape index (κ3) is 2.24. The zero-order valence-electron chi connectivity index (χ0n) is 7.08. The van der Waals surface area contributed by atoms with Crippen molar-refractivity contribution in [3.63, 3.8) is 0 Å². The third-order valence-corrected chi connectivity index (χ3v) is 1.89. The van der Waals surface area contributed by atoms with Crippen LogP contribution < -0.4 is 10.6 Å². The Morgan fingerprint density at radius 2 is 2.23 bits per heavy atom. The van der Waals surface area contributed by atoms with E-state index in [9.17, 15) is 5.11 Å². The standard InChI is InChI=1S/C8H10ClNO3/c1-12-8-2-5(4-13-10)7(11)3-6(8)9/h2-3,11H,4,10H2,1H3. The lowest BCUT2D eigenvalue weighted by molar-refractivity contribution is 0.122. The number of benzene rings is 1. The fourth-order valence-electron chi connectivity index (χ4n) is 0.947. The molecule has 0 saturated heterocycles. The molecule has 0 fully saturated rings. The van der Waals surface area contributed by atoms with Gasteiger partial charge in [-0.05, 0) is 6.07 Å². The molecule has 4 nitrogen and oxygen atoms in total. The highest BCUT2D eigenvalue weighted by molar-refractivity contribution is 6.32. The number of hydrogen-bond acceptors (Lipinski definition) is 4. The molecule has 0 aromatic heterocycles. The zero-order chi connectivity index (χ0) is 9.84. The summed E-state index contributed by atoms with van der Waals surface area (Å²) in [5, 5.41) is 9.71. The van der Waals surface area contributed by atoms with Gasteiger partial charge in [0.15, 0.2) is 0 Å². The van der Waals surface area contributed by atoms with Gasteiger partial charge in [0.25, 0.3) is 0 Å². The number of aromatic hydroxyl groups is 1. The molecule has 72 valence electrons. The second-order valence-corrected chi connectivity index (χ2v) is 2.83. The van der Waals surface area contributed by atoms with Crippen molar-refractivity contribution in [2.24, 2.45) is 5.90 Å². The first-order valence-electron chi connectivity index (χ1n) is 3.56. The smallest absolute Gasteiger partial charge is 0.138 e. The number of methoxy groups -OCH3 is 1. The predicted octanol–water partition coefficient (Wildman–Crippen LogP) is 1.44. The molecule has 5 heteroatoms. The Labute approximate surface area is 80.8 Å². The van der Waals surface area contributed by atoms with Crippen LogP contribution in [-0.4, -0.2) is 12.2 Å². The average molecular weight is 204 g/mol. The van der Waals surface area contributed by atoms with E-state index in [0.717, 1.165) is 0 Å². The van der Waals surface area contributed by atoms with Crippen molar-refractivity contribution in [3.8, 4) is 11.5 Å². The molecule has 0 aliphatic rings. The summed E-state index contributed by atoms with van der Waals surface area (Å²) in [6.07, 6.45) is 0. The first-order chi connectivity index (χ1) is 6.19. The highest BCUT2D eigenvalue weighted by Crippen LogP contribution is 2.31. The number of hydrogen-bond donors (Lipinski definition) is 2. The molecular weight excluding hydrogens is 194 g/mol. The number of phenols is 1. The molecule has 1 rings (SSSR count). The Hall–Kier alpha value is -0.970. The van der Waals surface area contributed by atoms with Crippen molar-refractivity contribution in [3.05, 3.63) is 22.7 Å². The van der Waals surface area contributed by atoms with Crippen molar-refractivity contribution in [2.75, 3.05) is 7.11 Å². The normalized spacial score (nSPS) is 10.1. The summed E-state index contributed by atoms with van der Waals surface area (Å²) in [5.74, 6) is 5.39. The van der Waals surface area contributed by atoms with Crippen LogP contribution in [0.1, 0.15) is 5.56 Å². The third-order valence-electron chi connectivity index (χ3n) is 1.59. The van der Waals surface area contributed by atoms with Gasteiger partial charge >= 0.3 is 0 Å². The number of nitrogens with two attached hydrogens (primary N) is 1. The highest BCUT2D eigenvalue weighted by atomic mass is 35.5. The summed E-state index contributed by atoms with van der Waals surface area (Å²) in [6, 6.07) is 2.96. The largest absolute Gasteiger partial charge is 0.508 e. The van der Waals surface area contributed by atoms with E-state index >= 15 is 0 Å². The van der Waals surface area contributed by atoms with Crippen LogP contribution in [0.4, 0.5) is 0 Å². The summed E-state index contributed by atoms with van der Waals surface area (Å²) in [7, 11) is 1.49. The number of halogens is 1. The van der Waals surface area contributed by atoms with Gasteiger partial charge in [-0.2, -0.15) is 0 Å². The van der Waals surface area contributed by atoms with E-state index in [1.54, 1.807) is 6.07 Å². The maximum Gasteiger partial charge on any atom is 0.138 e. The molecule has 0 aliphatic heterocycles. The van der Waals surface area contributed by atoms with Crippen molar-refractivity contribution in [2.45, 2.75) is 6.61 Å². The van der Waals surface area contributed by atoms with E-state index in [0.29, 0.717) is 16.3 Å². The summed E-state index contributed by atoms with van der Waals surface area (Å²) < 4.78 is 4.95. The van der Waals surface area contributed by atoms with Crippen molar-refractivity contribution in [1.82, 2.24) is 0 Å². The number of ether oxygens (including phenoxy) is 1. The quantitative estimate of drug-likeness (QED) is 0.730. The lowest BCUT2D eigenvalue weighted by Gasteiger charge is -2.07. The molecule has 0 unspecified atom stereocenters.